The molecule has 4 rings (SSSR count). The topological polar surface area (TPSA) is 49.9 Å². The first kappa shape index (κ1) is 16.9. The first-order valence-corrected chi connectivity index (χ1v) is 8.65. The molecule has 0 radical (unpaired) electrons. The highest BCUT2D eigenvalue weighted by atomic mass is 19.1. The Labute approximate surface area is 151 Å². The average molecular weight is 354 g/mol. The van der Waals surface area contributed by atoms with Gasteiger partial charge in [-0.15, -0.1) is 0 Å². The van der Waals surface area contributed by atoms with Gasteiger partial charge in [-0.25, -0.2) is 4.39 Å². The molecule has 0 N–H and O–H groups in total. The quantitative estimate of drug-likeness (QED) is 0.791. The van der Waals surface area contributed by atoms with Gasteiger partial charge in [-0.2, -0.15) is 0 Å². The van der Waals surface area contributed by atoms with Crippen molar-refractivity contribution in [2.45, 2.75) is 12.6 Å². The van der Waals surface area contributed by atoms with Gasteiger partial charge in [-0.05, 0) is 29.8 Å². The van der Waals surface area contributed by atoms with Crippen LogP contribution in [0.2, 0.25) is 0 Å². The van der Waals surface area contributed by atoms with Crippen molar-refractivity contribution in [3.8, 4) is 0 Å². The van der Waals surface area contributed by atoms with Crippen molar-refractivity contribution >= 4 is 11.8 Å². The zero-order valence-electron chi connectivity index (χ0n) is 14.2. The van der Waals surface area contributed by atoms with Crippen LogP contribution >= 0.6 is 0 Å². The van der Waals surface area contributed by atoms with Crippen LogP contribution in [0.1, 0.15) is 26.3 Å². The fourth-order valence-corrected chi connectivity index (χ4v) is 3.49. The number of ether oxygens (including phenoxy) is 1. The van der Waals surface area contributed by atoms with Gasteiger partial charge in [0.05, 0.1) is 30.4 Å². The molecule has 1 unspecified atom stereocenters. The van der Waals surface area contributed by atoms with E-state index in [-0.39, 0.29) is 30.3 Å². The lowest BCUT2D eigenvalue weighted by Crippen LogP contribution is -2.48. The van der Waals surface area contributed by atoms with E-state index in [1.165, 1.54) is 17.0 Å². The molecule has 6 heteroatoms. The number of halogens is 1. The van der Waals surface area contributed by atoms with Gasteiger partial charge in [-0.1, -0.05) is 24.3 Å². The molecule has 2 aliphatic rings. The van der Waals surface area contributed by atoms with Crippen molar-refractivity contribution in [2.75, 3.05) is 26.2 Å². The van der Waals surface area contributed by atoms with E-state index in [9.17, 15) is 14.0 Å². The minimum atomic E-state index is -0.259. The molecule has 2 amide bonds. The Hall–Kier alpha value is -2.57. The predicted molar refractivity (Wildman–Crippen MR) is 93.2 cm³/mol. The van der Waals surface area contributed by atoms with Gasteiger partial charge >= 0.3 is 0 Å². The summed E-state index contributed by atoms with van der Waals surface area (Å²) in [6, 6.07) is 13.3. The highest BCUT2D eigenvalue weighted by Crippen LogP contribution is 2.23. The Kier molecular flexibility index (Phi) is 4.53. The molecule has 5 nitrogen and oxygen atoms in total. The number of carbonyl (C=O) groups is 2. The van der Waals surface area contributed by atoms with Gasteiger partial charge in [0.15, 0.2) is 0 Å². The smallest absolute Gasteiger partial charge is 0.261 e. The lowest BCUT2D eigenvalue weighted by Gasteiger charge is -2.34. The van der Waals surface area contributed by atoms with Crippen LogP contribution in [0, 0.1) is 5.82 Å². The summed E-state index contributed by atoms with van der Waals surface area (Å²) >= 11 is 0. The molecule has 0 bridgehead atoms. The second-order valence-electron chi connectivity index (χ2n) is 6.62. The third-order valence-electron chi connectivity index (χ3n) is 4.81. The van der Waals surface area contributed by atoms with Gasteiger partial charge in [0.2, 0.25) is 0 Å². The third-order valence-corrected chi connectivity index (χ3v) is 4.81. The first-order chi connectivity index (χ1) is 12.6. The molecule has 2 heterocycles. The van der Waals surface area contributed by atoms with Crippen LogP contribution in [0.15, 0.2) is 48.5 Å². The average Bonchev–Trinajstić information content (AvgIpc) is 2.89. The van der Waals surface area contributed by atoms with Crippen LogP contribution in [-0.2, 0) is 11.3 Å². The molecule has 2 aliphatic heterocycles. The molecule has 1 saturated heterocycles. The summed E-state index contributed by atoms with van der Waals surface area (Å²) in [6.45, 7) is 2.84. The van der Waals surface area contributed by atoms with Crippen LogP contribution in [0.5, 0.6) is 0 Å². The normalized spacial score (nSPS) is 20.5. The lowest BCUT2D eigenvalue weighted by atomic mass is 10.1. The van der Waals surface area contributed by atoms with E-state index in [2.05, 4.69) is 4.90 Å². The molecule has 0 aliphatic carbocycles. The molecule has 134 valence electrons. The maximum Gasteiger partial charge on any atom is 0.261 e. The Morgan fingerprint density at radius 3 is 2.31 bits per heavy atom. The molecule has 2 aromatic rings. The van der Waals surface area contributed by atoms with Crippen LogP contribution in [-0.4, -0.2) is 54.0 Å². The summed E-state index contributed by atoms with van der Waals surface area (Å²) in [5.41, 5.74) is 1.93. The summed E-state index contributed by atoms with van der Waals surface area (Å²) in [5.74, 6) is -0.769. The van der Waals surface area contributed by atoms with Crippen molar-refractivity contribution in [3.63, 3.8) is 0 Å². The molecule has 2 aromatic carbocycles. The second kappa shape index (κ2) is 6.97. The van der Waals surface area contributed by atoms with Crippen molar-refractivity contribution < 1.29 is 18.7 Å². The molecule has 26 heavy (non-hydrogen) atoms. The van der Waals surface area contributed by atoms with Crippen molar-refractivity contribution in [3.05, 3.63) is 71.0 Å². The second-order valence-corrected chi connectivity index (χ2v) is 6.62. The number of hydrogen-bond acceptors (Lipinski definition) is 4. The molecule has 0 saturated carbocycles. The number of rotatable bonds is 4. The van der Waals surface area contributed by atoms with Gasteiger partial charge in [0.25, 0.3) is 11.8 Å². The van der Waals surface area contributed by atoms with Crippen LogP contribution < -0.4 is 0 Å². The minimum Gasteiger partial charge on any atom is -0.374 e. The van der Waals surface area contributed by atoms with Crippen molar-refractivity contribution in [1.82, 2.24) is 9.80 Å². The van der Waals surface area contributed by atoms with Crippen LogP contribution in [0.3, 0.4) is 0 Å². The Balaban J connectivity index is 1.40. The molecule has 0 spiro atoms. The molecular weight excluding hydrogens is 335 g/mol. The predicted octanol–water partition coefficient (Wildman–Crippen LogP) is 2.32. The van der Waals surface area contributed by atoms with Gasteiger partial charge in [0.1, 0.15) is 5.82 Å². The fraction of sp³-hybridized carbons (Fsp3) is 0.300. The number of benzene rings is 2. The van der Waals surface area contributed by atoms with E-state index in [1.807, 2.05) is 0 Å². The maximum absolute atomic E-state index is 13.0. The summed E-state index contributed by atoms with van der Waals surface area (Å²) in [6.07, 6.45) is -0.230. The Morgan fingerprint density at radius 2 is 1.65 bits per heavy atom. The molecule has 1 fully saturated rings. The van der Waals surface area contributed by atoms with Crippen LogP contribution in [0.25, 0.3) is 0 Å². The summed E-state index contributed by atoms with van der Waals surface area (Å²) < 4.78 is 18.8. The lowest BCUT2D eigenvalue weighted by molar-refractivity contribution is -0.0400. The fourth-order valence-electron chi connectivity index (χ4n) is 3.49. The van der Waals surface area contributed by atoms with Crippen molar-refractivity contribution in [1.29, 1.82) is 0 Å². The summed E-state index contributed by atoms with van der Waals surface area (Å²) in [5, 5.41) is 0. The highest BCUT2D eigenvalue weighted by molar-refractivity contribution is 6.21. The summed E-state index contributed by atoms with van der Waals surface area (Å²) in [4.78, 5) is 28.4. The standard InChI is InChI=1S/C20H19FN2O3/c21-15-7-5-14(6-8-15)11-22-9-10-26-16(12-22)13-23-19(24)17-3-1-2-4-18(17)20(23)25/h1-8,16H,9-13H2. The molecule has 1 atom stereocenters. The monoisotopic (exact) mass is 354 g/mol. The van der Waals surface area contributed by atoms with E-state index in [0.29, 0.717) is 30.8 Å². The van der Waals surface area contributed by atoms with E-state index in [0.717, 1.165) is 12.1 Å². The number of fused-ring (bicyclic) bond motifs is 1. The van der Waals surface area contributed by atoms with Gasteiger partial charge in [0, 0.05) is 19.6 Å². The largest absolute Gasteiger partial charge is 0.374 e. The minimum absolute atomic E-state index is 0.230. The third kappa shape index (κ3) is 3.25. The van der Waals surface area contributed by atoms with Crippen molar-refractivity contribution in [2.24, 2.45) is 0 Å². The number of morpholine rings is 1. The number of imide groups is 1. The number of nitrogens with zero attached hydrogens (tertiary/aromatic N) is 2. The van der Waals surface area contributed by atoms with E-state index >= 15 is 0 Å². The molecular formula is C20H19FN2O3. The number of amides is 2. The van der Waals surface area contributed by atoms with Gasteiger partial charge < -0.3 is 4.74 Å². The maximum atomic E-state index is 13.0. The van der Waals surface area contributed by atoms with E-state index < -0.39 is 0 Å². The van der Waals surface area contributed by atoms with Crippen LogP contribution in [0.4, 0.5) is 4.39 Å². The SMILES string of the molecule is O=C1c2ccccc2C(=O)N1CC1CN(Cc2ccc(F)cc2)CCO1. The zero-order valence-corrected chi connectivity index (χ0v) is 14.2. The molecule has 0 aromatic heterocycles. The number of hydrogen-bond donors (Lipinski definition) is 0. The Morgan fingerprint density at radius 1 is 1.00 bits per heavy atom. The van der Waals surface area contributed by atoms with E-state index in [4.69, 9.17) is 4.74 Å². The van der Waals surface area contributed by atoms with E-state index in [1.54, 1.807) is 36.4 Å². The zero-order chi connectivity index (χ0) is 18.1. The van der Waals surface area contributed by atoms with Gasteiger partial charge in [-0.3, -0.25) is 19.4 Å². The Bertz CT molecular complexity index is 802. The first-order valence-electron chi connectivity index (χ1n) is 8.65. The summed E-state index contributed by atoms with van der Waals surface area (Å²) in [7, 11) is 0. The number of carbonyl (C=O) groups excluding carboxylic acids is 2. The highest BCUT2D eigenvalue weighted by Gasteiger charge is 2.37.